The van der Waals surface area contributed by atoms with Crippen LogP contribution < -0.4 is 16.0 Å². The predicted octanol–water partition coefficient (Wildman–Crippen LogP) is 2.27. The minimum Gasteiger partial charge on any atom is -0.478 e. The van der Waals surface area contributed by atoms with Crippen molar-refractivity contribution in [1.82, 2.24) is 23.7 Å². The molecule has 0 saturated heterocycles. The van der Waals surface area contributed by atoms with E-state index in [1.807, 2.05) is 0 Å². The molecule has 0 unspecified atom stereocenters. The van der Waals surface area contributed by atoms with Gasteiger partial charge in [-0.05, 0) is 50.2 Å². The van der Waals surface area contributed by atoms with Crippen LogP contribution in [0.15, 0.2) is 64.7 Å². The van der Waals surface area contributed by atoms with E-state index in [1.54, 1.807) is 48.7 Å². The zero-order valence-corrected chi connectivity index (χ0v) is 21.9. The van der Waals surface area contributed by atoms with Crippen molar-refractivity contribution >= 4 is 34.7 Å². The Morgan fingerprint density at radius 2 is 1.76 bits per heavy atom. The van der Waals surface area contributed by atoms with Crippen LogP contribution in [-0.4, -0.2) is 52.9 Å². The van der Waals surface area contributed by atoms with Gasteiger partial charge in [0.15, 0.2) is 16.8 Å². The van der Waals surface area contributed by atoms with Gasteiger partial charge in [-0.1, -0.05) is 11.6 Å². The van der Waals surface area contributed by atoms with E-state index in [0.29, 0.717) is 10.8 Å². The summed E-state index contributed by atoms with van der Waals surface area (Å²) in [4.78, 5) is 54.8. The van der Waals surface area contributed by atoms with Crippen molar-refractivity contribution in [2.24, 2.45) is 14.1 Å². The lowest BCUT2D eigenvalue weighted by atomic mass is 10.1. The number of aromatic nitrogens is 5. The number of ether oxygens (including phenoxy) is 2. The second-order valence-electron chi connectivity index (χ2n) is 8.57. The number of nitrogens with zero attached hydrogens (tertiary/aromatic N) is 5. The molecule has 0 spiro atoms. The third kappa shape index (κ3) is 6.45. The summed E-state index contributed by atoms with van der Waals surface area (Å²) >= 11 is 5.85. The quantitative estimate of drug-likeness (QED) is 0.346. The van der Waals surface area contributed by atoms with Gasteiger partial charge in [-0.3, -0.25) is 18.9 Å². The average molecular weight is 544 g/mol. The molecule has 0 bridgehead atoms. The molecule has 1 N–H and O–H groups in total. The normalized spacial score (nSPS) is 11.0. The average Bonchev–Trinajstić information content (AvgIpc) is 3.32. The lowest BCUT2D eigenvalue weighted by molar-refractivity contribution is -0.159. The first-order valence-corrected chi connectivity index (χ1v) is 11.7. The fourth-order valence-electron chi connectivity index (χ4n) is 3.31. The Morgan fingerprint density at radius 3 is 2.34 bits per heavy atom. The summed E-state index contributed by atoms with van der Waals surface area (Å²) in [7, 11) is 2.94. The molecule has 0 atom stereocenters. The number of carbonyl (C=O) groups excluding carboxylic acids is 1. The Balaban J connectivity index is 0.000000375. The van der Waals surface area contributed by atoms with Gasteiger partial charge in [0.25, 0.3) is 5.56 Å². The van der Waals surface area contributed by atoms with Gasteiger partial charge in [0.2, 0.25) is 0 Å². The fraction of sp³-hybridized carbons (Fsp3) is 0.280. The third-order valence-electron chi connectivity index (χ3n) is 5.37. The van der Waals surface area contributed by atoms with Gasteiger partial charge in [-0.25, -0.2) is 19.4 Å². The van der Waals surface area contributed by atoms with E-state index in [9.17, 15) is 19.2 Å². The maximum Gasteiger partial charge on any atom is 0.349 e. The summed E-state index contributed by atoms with van der Waals surface area (Å²) in [6.45, 7) is 3.40. The Labute approximate surface area is 221 Å². The van der Waals surface area contributed by atoms with Crippen LogP contribution in [0.1, 0.15) is 24.2 Å². The van der Waals surface area contributed by atoms with E-state index < -0.39 is 28.8 Å². The first-order valence-electron chi connectivity index (χ1n) is 11.3. The number of carboxylic acids is 1. The first-order chi connectivity index (χ1) is 17.9. The molecular formula is C25H26ClN5O7. The summed E-state index contributed by atoms with van der Waals surface area (Å²) in [5, 5.41) is 8.91. The fourth-order valence-corrected chi connectivity index (χ4v) is 3.43. The Hall–Kier alpha value is -4.45. The molecule has 4 rings (SSSR count). The zero-order valence-electron chi connectivity index (χ0n) is 21.1. The summed E-state index contributed by atoms with van der Waals surface area (Å²) < 4.78 is 14.9. The molecule has 3 heterocycles. The van der Waals surface area contributed by atoms with E-state index in [-0.39, 0.29) is 29.9 Å². The second-order valence-corrected chi connectivity index (χ2v) is 9.00. The topological polar surface area (TPSA) is 148 Å². The second kappa shape index (κ2) is 11.7. The van der Waals surface area contributed by atoms with Gasteiger partial charge < -0.3 is 19.1 Å². The van der Waals surface area contributed by atoms with Crippen LogP contribution in [0.3, 0.4) is 0 Å². The molecule has 200 valence electrons. The van der Waals surface area contributed by atoms with Crippen LogP contribution in [0.4, 0.5) is 0 Å². The van der Waals surface area contributed by atoms with Gasteiger partial charge in [-0.2, -0.15) is 0 Å². The number of rotatable bonds is 7. The number of hydrogen-bond acceptors (Lipinski definition) is 8. The molecule has 0 fully saturated rings. The highest BCUT2D eigenvalue weighted by molar-refractivity contribution is 6.30. The van der Waals surface area contributed by atoms with Crippen molar-refractivity contribution in [2.45, 2.75) is 26.0 Å². The number of esters is 1. The number of carbonyl (C=O) groups is 2. The molecule has 12 nitrogen and oxygen atoms in total. The summed E-state index contributed by atoms with van der Waals surface area (Å²) in [5.41, 5.74) is -1.38. The van der Waals surface area contributed by atoms with E-state index in [4.69, 9.17) is 26.2 Å². The van der Waals surface area contributed by atoms with Crippen LogP contribution in [0.2, 0.25) is 5.02 Å². The van der Waals surface area contributed by atoms with Gasteiger partial charge in [0.1, 0.15) is 12.4 Å². The minimum absolute atomic E-state index is 0.00367. The van der Waals surface area contributed by atoms with Crippen molar-refractivity contribution in [2.75, 3.05) is 6.61 Å². The maximum absolute atomic E-state index is 12.4. The minimum atomic E-state index is -1.22. The molecule has 1 aromatic carbocycles. The molecule has 0 aliphatic heterocycles. The number of carboxylic acid groups (broad SMARTS) is 1. The molecule has 0 amide bonds. The smallest absolute Gasteiger partial charge is 0.349 e. The number of aromatic carboxylic acids is 1. The molecule has 4 aromatic rings. The van der Waals surface area contributed by atoms with E-state index in [2.05, 4.69) is 9.97 Å². The molecule has 13 heteroatoms. The summed E-state index contributed by atoms with van der Waals surface area (Å²) in [6.07, 6.45) is 4.28. The highest BCUT2D eigenvalue weighted by Gasteiger charge is 2.32. The number of hydrogen-bond donors (Lipinski definition) is 1. The van der Waals surface area contributed by atoms with Crippen molar-refractivity contribution in [1.29, 1.82) is 0 Å². The van der Waals surface area contributed by atoms with E-state index in [0.717, 1.165) is 4.57 Å². The van der Waals surface area contributed by atoms with E-state index >= 15 is 0 Å². The van der Waals surface area contributed by atoms with Crippen molar-refractivity contribution in [3.8, 4) is 5.75 Å². The van der Waals surface area contributed by atoms with Gasteiger partial charge >= 0.3 is 17.6 Å². The highest BCUT2D eigenvalue weighted by Crippen LogP contribution is 2.21. The van der Waals surface area contributed by atoms with Gasteiger partial charge in [0.05, 0.1) is 18.4 Å². The number of imidazole rings is 1. The molecule has 0 aliphatic rings. The van der Waals surface area contributed by atoms with Gasteiger partial charge in [-0.15, -0.1) is 0 Å². The third-order valence-corrected chi connectivity index (χ3v) is 5.62. The van der Waals surface area contributed by atoms with Crippen LogP contribution in [0, 0.1) is 0 Å². The lowest BCUT2D eigenvalue weighted by Gasteiger charge is -2.24. The number of pyridine rings is 1. The van der Waals surface area contributed by atoms with Crippen LogP contribution in [0.25, 0.3) is 11.2 Å². The van der Waals surface area contributed by atoms with Crippen molar-refractivity contribution in [3.63, 3.8) is 0 Å². The molecule has 0 radical (unpaired) electrons. The summed E-state index contributed by atoms with van der Waals surface area (Å²) in [6, 6.07) is 9.73. The van der Waals surface area contributed by atoms with Crippen molar-refractivity contribution < 1.29 is 24.2 Å². The SMILES string of the molecule is Cn1c(=O)c2c(ncn2CCOC(=O)C(C)(C)Oc2ccc(Cl)cc2)n(C)c1=O.O=C(O)c1cccnc1. The predicted molar refractivity (Wildman–Crippen MR) is 139 cm³/mol. The molecular weight excluding hydrogens is 518 g/mol. The number of aryl methyl sites for hydroxylation is 1. The largest absolute Gasteiger partial charge is 0.478 e. The maximum atomic E-state index is 12.4. The zero-order chi connectivity index (χ0) is 28.0. The first kappa shape index (κ1) is 28.1. The van der Waals surface area contributed by atoms with E-state index in [1.165, 1.54) is 43.4 Å². The Morgan fingerprint density at radius 1 is 1.08 bits per heavy atom. The Kier molecular flexibility index (Phi) is 8.68. The highest BCUT2D eigenvalue weighted by atomic mass is 35.5. The van der Waals surface area contributed by atoms with Crippen LogP contribution in [0.5, 0.6) is 5.75 Å². The Bertz CT molecular complexity index is 1560. The summed E-state index contributed by atoms with van der Waals surface area (Å²) in [5.74, 6) is -1.01. The monoisotopic (exact) mass is 543 g/mol. The van der Waals surface area contributed by atoms with Crippen LogP contribution >= 0.6 is 11.6 Å². The molecule has 0 aliphatic carbocycles. The van der Waals surface area contributed by atoms with Gasteiger partial charge in [0, 0.05) is 31.5 Å². The lowest BCUT2D eigenvalue weighted by Crippen LogP contribution is -2.40. The van der Waals surface area contributed by atoms with Crippen molar-refractivity contribution in [3.05, 3.63) is 86.5 Å². The molecule has 0 saturated carbocycles. The molecule has 38 heavy (non-hydrogen) atoms. The number of fused-ring (bicyclic) bond motifs is 1. The molecule has 3 aromatic heterocycles. The standard InChI is InChI=1S/C19H21ClN4O5.C6H5NO2/c1-19(2,29-13-7-5-12(20)6-8-13)17(26)28-10-9-24-11-21-15-14(24)16(25)23(4)18(27)22(15)3;8-6(9)5-2-1-3-7-4-5/h5-8,11H,9-10H2,1-4H3;1-4H,(H,8,9). The number of benzene rings is 1. The number of halogens is 1. The van der Waals surface area contributed by atoms with Crippen LogP contribution in [-0.2, 0) is 30.2 Å².